The summed E-state index contributed by atoms with van der Waals surface area (Å²) in [5.41, 5.74) is 4.29. The molecule has 2 aromatic rings. The summed E-state index contributed by atoms with van der Waals surface area (Å²) < 4.78 is 15.7. The van der Waals surface area contributed by atoms with Gasteiger partial charge in [-0.3, -0.25) is 4.68 Å². The molecule has 1 atom stereocenters. The third kappa shape index (κ3) is 2.87. The molecule has 0 amide bonds. The standard InChI is InChI=1S/C15H19BrFN3/c1-5-20-11(4)15(10(3)19-20)9(2)18-12-6-7-14(17)13(16)8-12/h6-9,18H,5H2,1-4H3. The molecule has 1 N–H and O–H groups in total. The Morgan fingerprint density at radius 1 is 1.40 bits per heavy atom. The fourth-order valence-electron chi connectivity index (χ4n) is 2.55. The van der Waals surface area contributed by atoms with Crippen LogP contribution in [0.4, 0.5) is 10.1 Å². The molecule has 0 saturated heterocycles. The summed E-state index contributed by atoms with van der Waals surface area (Å²) in [5.74, 6) is -0.255. The lowest BCUT2D eigenvalue weighted by Crippen LogP contribution is -2.09. The van der Waals surface area contributed by atoms with Gasteiger partial charge in [-0.25, -0.2) is 4.39 Å². The smallest absolute Gasteiger partial charge is 0.137 e. The van der Waals surface area contributed by atoms with Gasteiger partial charge in [-0.15, -0.1) is 0 Å². The van der Waals surface area contributed by atoms with Crippen LogP contribution in [-0.2, 0) is 6.54 Å². The molecule has 108 valence electrons. The Morgan fingerprint density at radius 2 is 2.10 bits per heavy atom. The van der Waals surface area contributed by atoms with Crippen molar-refractivity contribution < 1.29 is 4.39 Å². The minimum absolute atomic E-state index is 0.118. The highest BCUT2D eigenvalue weighted by Gasteiger charge is 2.17. The summed E-state index contributed by atoms with van der Waals surface area (Å²) in [7, 11) is 0. The Morgan fingerprint density at radius 3 is 2.65 bits per heavy atom. The van der Waals surface area contributed by atoms with Crippen molar-refractivity contribution in [1.82, 2.24) is 9.78 Å². The Bertz CT molecular complexity index is 622. The highest BCUT2D eigenvalue weighted by Crippen LogP contribution is 2.27. The maximum atomic E-state index is 13.2. The van der Waals surface area contributed by atoms with Crippen molar-refractivity contribution >= 4 is 21.6 Å². The van der Waals surface area contributed by atoms with Crippen LogP contribution in [0.1, 0.15) is 36.8 Å². The summed E-state index contributed by atoms with van der Waals surface area (Å²) in [5, 5.41) is 7.93. The van der Waals surface area contributed by atoms with Crippen LogP contribution in [0.15, 0.2) is 22.7 Å². The van der Waals surface area contributed by atoms with Gasteiger partial charge in [0.1, 0.15) is 5.82 Å². The van der Waals surface area contributed by atoms with Crippen molar-refractivity contribution in [2.75, 3.05) is 5.32 Å². The van der Waals surface area contributed by atoms with Crippen LogP contribution >= 0.6 is 15.9 Å². The molecule has 0 spiro atoms. The van der Waals surface area contributed by atoms with E-state index in [2.05, 4.69) is 47.1 Å². The van der Waals surface area contributed by atoms with Gasteiger partial charge in [-0.05, 0) is 61.8 Å². The van der Waals surface area contributed by atoms with E-state index in [1.165, 1.54) is 17.3 Å². The largest absolute Gasteiger partial charge is 0.378 e. The fraction of sp³-hybridized carbons (Fsp3) is 0.400. The summed E-state index contributed by atoms with van der Waals surface area (Å²) in [6, 6.07) is 5.06. The number of anilines is 1. The van der Waals surface area contributed by atoms with Gasteiger partial charge in [-0.2, -0.15) is 5.10 Å². The molecule has 0 radical (unpaired) electrons. The zero-order chi connectivity index (χ0) is 14.9. The maximum Gasteiger partial charge on any atom is 0.137 e. The summed E-state index contributed by atoms with van der Waals surface area (Å²) in [6.07, 6.45) is 0. The van der Waals surface area contributed by atoms with Gasteiger partial charge in [-0.1, -0.05) is 0 Å². The minimum Gasteiger partial charge on any atom is -0.378 e. The van der Waals surface area contributed by atoms with Gasteiger partial charge < -0.3 is 5.32 Å². The average Bonchev–Trinajstić information content (AvgIpc) is 2.68. The lowest BCUT2D eigenvalue weighted by molar-refractivity contribution is 0.621. The van der Waals surface area contributed by atoms with Crippen molar-refractivity contribution in [2.24, 2.45) is 0 Å². The normalized spacial score (nSPS) is 12.5. The van der Waals surface area contributed by atoms with E-state index in [1.54, 1.807) is 12.1 Å². The number of hydrogen-bond donors (Lipinski definition) is 1. The number of aryl methyl sites for hydroxylation is 2. The number of nitrogens with zero attached hydrogens (tertiary/aromatic N) is 2. The van der Waals surface area contributed by atoms with Crippen LogP contribution in [0.3, 0.4) is 0 Å². The van der Waals surface area contributed by atoms with E-state index in [0.29, 0.717) is 4.47 Å². The van der Waals surface area contributed by atoms with Gasteiger partial charge in [0.05, 0.1) is 16.2 Å². The van der Waals surface area contributed by atoms with Gasteiger partial charge in [0.25, 0.3) is 0 Å². The summed E-state index contributed by atoms with van der Waals surface area (Å²) >= 11 is 3.21. The topological polar surface area (TPSA) is 29.9 Å². The third-order valence-electron chi connectivity index (χ3n) is 3.47. The first-order chi connectivity index (χ1) is 9.43. The van der Waals surface area contributed by atoms with Crippen LogP contribution in [0, 0.1) is 19.7 Å². The number of aromatic nitrogens is 2. The molecule has 0 aliphatic rings. The molecule has 1 aromatic carbocycles. The second-order valence-corrected chi connectivity index (χ2v) is 5.75. The molecule has 2 rings (SSSR count). The molecule has 0 aliphatic heterocycles. The van der Waals surface area contributed by atoms with Crippen LogP contribution < -0.4 is 5.32 Å². The summed E-state index contributed by atoms with van der Waals surface area (Å²) in [6.45, 7) is 9.14. The van der Waals surface area contributed by atoms with E-state index in [-0.39, 0.29) is 11.9 Å². The summed E-state index contributed by atoms with van der Waals surface area (Å²) in [4.78, 5) is 0. The highest BCUT2D eigenvalue weighted by atomic mass is 79.9. The SMILES string of the molecule is CCn1nc(C)c(C(C)Nc2ccc(F)c(Br)c2)c1C. The van der Waals surface area contributed by atoms with E-state index >= 15 is 0 Å². The van der Waals surface area contributed by atoms with E-state index in [1.807, 2.05) is 11.6 Å². The Kier molecular flexibility index (Phi) is 4.48. The van der Waals surface area contributed by atoms with Crippen LogP contribution in [-0.4, -0.2) is 9.78 Å². The van der Waals surface area contributed by atoms with E-state index < -0.39 is 0 Å². The van der Waals surface area contributed by atoms with Crippen LogP contribution in [0.25, 0.3) is 0 Å². The molecule has 5 heteroatoms. The van der Waals surface area contributed by atoms with Gasteiger partial charge in [0.15, 0.2) is 0 Å². The monoisotopic (exact) mass is 339 g/mol. The molecule has 1 unspecified atom stereocenters. The minimum atomic E-state index is -0.255. The molecule has 0 fully saturated rings. The van der Waals surface area contributed by atoms with Crippen molar-refractivity contribution in [3.05, 3.63) is 45.4 Å². The van der Waals surface area contributed by atoms with Crippen LogP contribution in [0.2, 0.25) is 0 Å². The van der Waals surface area contributed by atoms with Gasteiger partial charge in [0.2, 0.25) is 0 Å². The van der Waals surface area contributed by atoms with Gasteiger partial charge in [0, 0.05) is 23.5 Å². The number of benzene rings is 1. The third-order valence-corrected chi connectivity index (χ3v) is 4.08. The lowest BCUT2D eigenvalue weighted by Gasteiger charge is -2.16. The van der Waals surface area contributed by atoms with Crippen molar-refractivity contribution in [2.45, 2.75) is 40.3 Å². The number of rotatable bonds is 4. The van der Waals surface area contributed by atoms with Crippen LogP contribution in [0.5, 0.6) is 0 Å². The highest BCUT2D eigenvalue weighted by molar-refractivity contribution is 9.10. The number of hydrogen-bond acceptors (Lipinski definition) is 2. The predicted octanol–water partition coefficient (Wildman–Crippen LogP) is 4.59. The van der Waals surface area contributed by atoms with E-state index in [4.69, 9.17) is 0 Å². The molecular formula is C15H19BrFN3. The fourth-order valence-corrected chi connectivity index (χ4v) is 2.93. The Labute approximate surface area is 127 Å². The number of halogens is 2. The van der Waals surface area contributed by atoms with Crippen molar-refractivity contribution in [3.8, 4) is 0 Å². The molecule has 0 aliphatic carbocycles. The second-order valence-electron chi connectivity index (χ2n) is 4.90. The molecule has 0 saturated carbocycles. The zero-order valence-electron chi connectivity index (χ0n) is 12.2. The molecule has 1 aromatic heterocycles. The Balaban J connectivity index is 2.25. The quantitative estimate of drug-likeness (QED) is 0.882. The molecular weight excluding hydrogens is 321 g/mol. The van der Waals surface area contributed by atoms with E-state index in [9.17, 15) is 4.39 Å². The van der Waals surface area contributed by atoms with Crippen molar-refractivity contribution in [1.29, 1.82) is 0 Å². The molecule has 20 heavy (non-hydrogen) atoms. The lowest BCUT2D eigenvalue weighted by atomic mass is 10.1. The molecule has 0 bridgehead atoms. The van der Waals surface area contributed by atoms with Crippen molar-refractivity contribution in [3.63, 3.8) is 0 Å². The first kappa shape index (κ1) is 15.0. The molecule has 3 nitrogen and oxygen atoms in total. The zero-order valence-corrected chi connectivity index (χ0v) is 13.8. The first-order valence-electron chi connectivity index (χ1n) is 6.69. The predicted molar refractivity (Wildman–Crippen MR) is 83.5 cm³/mol. The Hall–Kier alpha value is -1.36. The maximum absolute atomic E-state index is 13.2. The van der Waals surface area contributed by atoms with Gasteiger partial charge >= 0.3 is 0 Å². The van der Waals surface area contributed by atoms with E-state index in [0.717, 1.165) is 17.9 Å². The number of nitrogens with one attached hydrogen (secondary N) is 1. The first-order valence-corrected chi connectivity index (χ1v) is 7.48. The average molecular weight is 340 g/mol. The molecule has 1 heterocycles. The second kappa shape index (κ2) is 5.95.